The third-order valence-corrected chi connectivity index (χ3v) is 7.14. The number of fused-ring (bicyclic) bond motifs is 1. The number of aryl methyl sites for hydroxylation is 4. The van der Waals surface area contributed by atoms with E-state index in [1.165, 1.54) is 0 Å². The Morgan fingerprint density at radius 3 is 1.33 bits per heavy atom. The maximum absolute atomic E-state index is 10.9. The van der Waals surface area contributed by atoms with Gasteiger partial charge in [-0.2, -0.15) is 12.8 Å². The second kappa shape index (κ2) is 20.8. The number of phenolic OH excluding ortho intramolecular Hbond substituents is 2. The standard InChI is InChI=1S/C28H26N2O2.C4H10P.C3H8P.2Ni/c1-17-7-5-8-18(2)25(17)29-15-22-13-11-21-12-14-23(28(32)24(21)27(22)31)16-30-26-19(3)9-6-10-20(26)4;1-3-4(2)5;1-2-3-4;;/h5-16,31-32H,1-4H3;4H,1,3,5H2,2H3;1-4H2;;/q;2*-1;;. The second-order valence-corrected chi connectivity index (χ2v) is 11.7. The summed E-state index contributed by atoms with van der Waals surface area (Å²) in [5.41, 5.74) is 7.79. The van der Waals surface area contributed by atoms with Crippen LogP contribution in [0, 0.1) is 41.5 Å². The molecule has 0 aliphatic rings. The molecule has 0 saturated heterocycles. The van der Waals surface area contributed by atoms with Crippen LogP contribution in [0.4, 0.5) is 11.4 Å². The van der Waals surface area contributed by atoms with Crippen LogP contribution in [0.25, 0.3) is 10.8 Å². The molecule has 3 unspecified atom stereocenters. The molecule has 0 fully saturated rings. The molecule has 0 saturated carbocycles. The zero-order valence-electron chi connectivity index (χ0n) is 25.6. The van der Waals surface area contributed by atoms with Crippen molar-refractivity contribution in [3.63, 3.8) is 0 Å². The maximum atomic E-state index is 10.9. The van der Waals surface area contributed by atoms with Crippen LogP contribution in [-0.2, 0) is 33.0 Å². The molecule has 4 aromatic rings. The number of benzene rings is 4. The van der Waals surface area contributed by atoms with Crippen molar-refractivity contribution in [3.8, 4) is 11.5 Å². The molecule has 0 aliphatic heterocycles. The third kappa shape index (κ3) is 12.1. The average Bonchev–Trinajstić information content (AvgIpc) is 2.95. The molecule has 0 aliphatic carbocycles. The summed E-state index contributed by atoms with van der Waals surface area (Å²) in [6.45, 7) is 17.4. The number of phenols is 2. The van der Waals surface area contributed by atoms with Gasteiger partial charge < -0.3 is 24.1 Å². The van der Waals surface area contributed by atoms with Gasteiger partial charge >= 0.3 is 0 Å². The van der Waals surface area contributed by atoms with Gasteiger partial charge in [0.25, 0.3) is 0 Å². The molecular formula is C35H44N2Ni2O2P2-2. The zero-order valence-corrected chi connectivity index (χ0v) is 29.9. The maximum Gasteiger partial charge on any atom is 0.135 e. The molecule has 43 heavy (non-hydrogen) atoms. The molecule has 0 spiro atoms. The fourth-order valence-electron chi connectivity index (χ4n) is 3.91. The second-order valence-electron chi connectivity index (χ2n) is 10.0. The number of para-hydroxylation sites is 2. The van der Waals surface area contributed by atoms with Gasteiger partial charge in [-0.3, -0.25) is 9.98 Å². The SMILES string of the molecule is Cc1cccc(C)c1N=Cc1ccc2ccc(C=Nc3c(C)cccc3C)c(O)c2c1O.[CH2-]CC(C)P.[CH2-]CCP.[Ni].[Ni]. The molecule has 0 amide bonds. The first kappa shape index (κ1) is 40.9. The van der Waals surface area contributed by atoms with Crippen LogP contribution < -0.4 is 0 Å². The number of rotatable bonds is 6. The van der Waals surface area contributed by atoms with Gasteiger partial charge in [0.05, 0.1) is 16.8 Å². The van der Waals surface area contributed by atoms with Crippen LogP contribution in [0.3, 0.4) is 0 Å². The summed E-state index contributed by atoms with van der Waals surface area (Å²) in [5, 5.41) is 23.0. The van der Waals surface area contributed by atoms with Crippen LogP contribution in [-0.4, -0.2) is 34.5 Å². The number of hydrogen-bond donors (Lipinski definition) is 2. The minimum absolute atomic E-state index is 0. The smallest absolute Gasteiger partial charge is 0.135 e. The summed E-state index contributed by atoms with van der Waals surface area (Å²) in [4.78, 5) is 9.20. The van der Waals surface area contributed by atoms with Gasteiger partial charge in [0.15, 0.2) is 0 Å². The van der Waals surface area contributed by atoms with Crippen molar-refractivity contribution >= 4 is 53.1 Å². The fourth-order valence-corrected chi connectivity index (χ4v) is 3.91. The van der Waals surface area contributed by atoms with Crippen molar-refractivity contribution in [1.82, 2.24) is 0 Å². The van der Waals surface area contributed by atoms with Gasteiger partial charge in [0, 0.05) is 56.5 Å². The fraction of sp³-hybridized carbons (Fsp3) is 0.257. The Balaban J connectivity index is 0.00000141. The van der Waals surface area contributed by atoms with E-state index >= 15 is 0 Å². The first-order valence-corrected chi connectivity index (χ1v) is 15.3. The monoisotopic (exact) mass is 702 g/mol. The van der Waals surface area contributed by atoms with E-state index in [1.807, 2.05) is 76.2 Å². The Kier molecular flexibility index (Phi) is 19.8. The molecule has 0 radical (unpaired) electrons. The predicted octanol–water partition coefficient (Wildman–Crippen LogP) is 9.54. The van der Waals surface area contributed by atoms with E-state index in [1.54, 1.807) is 24.6 Å². The van der Waals surface area contributed by atoms with E-state index in [4.69, 9.17) is 0 Å². The Morgan fingerprint density at radius 1 is 0.721 bits per heavy atom. The molecule has 4 aromatic carbocycles. The Bertz CT molecular complexity index is 1360. The van der Waals surface area contributed by atoms with Crippen LogP contribution in [0.5, 0.6) is 11.5 Å². The van der Waals surface area contributed by atoms with Crippen molar-refractivity contribution in [2.24, 2.45) is 9.98 Å². The molecule has 4 nitrogen and oxygen atoms in total. The summed E-state index contributed by atoms with van der Waals surface area (Å²) < 4.78 is 0. The van der Waals surface area contributed by atoms with E-state index in [9.17, 15) is 10.2 Å². The van der Waals surface area contributed by atoms with Crippen LogP contribution in [0.2, 0.25) is 0 Å². The van der Waals surface area contributed by atoms with Crippen LogP contribution in [0.1, 0.15) is 53.1 Å². The summed E-state index contributed by atoms with van der Waals surface area (Å²) in [5.74, 6) is -0.00498. The number of nitrogens with zero attached hydrogens (tertiary/aromatic N) is 2. The minimum atomic E-state index is -0.00249. The van der Waals surface area contributed by atoms with Gasteiger partial charge in [0.1, 0.15) is 11.5 Å². The average molecular weight is 704 g/mol. The Hall–Kier alpha value is -2.07. The zero-order chi connectivity index (χ0) is 30.5. The van der Waals surface area contributed by atoms with E-state index in [0.717, 1.165) is 58.0 Å². The summed E-state index contributed by atoms with van der Waals surface area (Å²) in [7, 11) is 5.26. The molecule has 0 aromatic heterocycles. The molecule has 0 bridgehead atoms. The molecule has 2 N–H and O–H groups in total. The van der Waals surface area contributed by atoms with E-state index in [-0.39, 0.29) is 44.5 Å². The van der Waals surface area contributed by atoms with E-state index in [0.29, 0.717) is 22.2 Å². The molecular weight excluding hydrogens is 660 g/mol. The Morgan fingerprint density at radius 2 is 1.05 bits per heavy atom. The first-order chi connectivity index (χ1) is 19.5. The molecule has 0 heterocycles. The number of aromatic hydroxyl groups is 2. The van der Waals surface area contributed by atoms with Crippen molar-refractivity contribution in [2.45, 2.75) is 53.1 Å². The number of hydrogen-bond acceptors (Lipinski definition) is 4. The van der Waals surface area contributed by atoms with E-state index in [2.05, 4.69) is 49.2 Å². The first-order valence-electron chi connectivity index (χ1n) is 13.8. The largest absolute Gasteiger partial charge is 0.506 e. The van der Waals surface area contributed by atoms with Gasteiger partial charge in [-0.25, -0.2) is 0 Å². The molecule has 4 rings (SSSR count). The predicted molar refractivity (Wildman–Crippen MR) is 187 cm³/mol. The molecule has 8 heteroatoms. The van der Waals surface area contributed by atoms with Crippen molar-refractivity contribution in [3.05, 3.63) is 108 Å². The van der Waals surface area contributed by atoms with Gasteiger partial charge in [-0.1, -0.05) is 67.3 Å². The van der Waals surface area contributed by atoms with Crippen molar-refractivity contribution in [2.75, 3.05) is 6.16 Å². The topological polar surface area (TPSA) is 65.2 Å². The molecule has 3 atom stereocenters. The minimum Gasteiger partial charge on any atom is -0.506 e. The van der Waals surface area contributed by atoms with Gasteiger partial charge in [-0.15, -0.1) is 18.5 Å². The Labute approximate surface area is 283 Å². The summed E-state index contributed by atoms with van der Waals surface area (Å²) >= 11 is 0. The van der Waals surface area contributed by atoms with Gasteiger partial charge in [-0.05, 0) is 67.5 Å². The molecule has 238 valence electrons. The number of aliphatic imine (C=N–C) groups is 2. The van der Waals surface area contributed by atoms with E-state index < -0.39 is 0 Å². The normalized spacial score (nSPS) is 11.2. The van der Waals surface area contributed by atoms with Crippen molar-refractivity contribution in [1.29, 1.82) is 0 Å². The summed E-state index contributed by atoms with van der Waals surface area (Å²) in [6, 6.07) is 19.4. The third-order valence-electron chi connectivity index (χ3n) is 6.40. The quantitative estimate of drug-likeness (QED) is 0.0910. The van der Waals surface area contributed by atoms with Gasteiger partial charge in [0.2, 0.25) is 0 Å². The van der Waals surface area contributed by atoms with Crippen LogP contribution >= 0.6 is 18.5 Å². The summed E-state index contributed by atoms with van der Waals surface area (Å²) in [6.07, 6.45) is 6.46. The van der Waals surface area contributed by atoms with Crippen molar-refractivity contribution < 1.29 is 43.2 Å². The van der Waals surface area contributed by atoms with Crippen LogP contribution in [0.15, 0.2) is 70.6 Å².